The SMILES string of the molecule is CCCCc1ccc(NC(=O)c2cccc(NC3=C(Cl)C(=O)N(c4ccc(C)cc4)C3=O)c2)cc1. The summed E-state index contributed by atoms with van der Waals surface area (Å²) >= 11 is 6.23. The van der Waals surface area contributed by atoms with Crippen molar-refractivity contribution >= 4 is 46.4 Å². The van der Waals surface area contributed by atoms with Gasteiger partial charge in [-0.15, -0.1) is 0 Å². The number of amides is 3. The van der Waals surface area contributed by atoms with Gasteiger partial charge in [-0.25, -0.2) is 4.90 Å². The Kier molecular flexibility index (Phi) is 7.32. The van der Waals surface area contributed by atoms with E-state index in [0.717, 1.165) is 29.7 Å². The van der Waals surface area contributed by atoms with Crippen LogP contribution in [-0.4, -0.2) is 17.7 Å². The Labute approximate surface area is 209 Å². The van der Waals surface area contributed by atoms with Gasteiger partial charge in [0.1, 0.15) is 10.7 Å². The molecule has 0 unspecified atom stereocenters. The lowest BCUT2D eigenvalue weighted by Crippen LogP contribution is -2.32. The Hall–Kier alpha value is -3.90. The van der Waals surface area contributed by atoms with Gasteiger partial charge in [0, 0.05) is 16.9 Å². The highest BCUT2D eigenvalue weighted by atomic mass is 35.5. The fourth-order valence-corrected chi connectivity index (χ4v) is 3.97. The number of nitrogens with zero attached hydrogens (tertiary/aromatic N) is 1. The number of imide groups is 1. The highest BCUT2D eigenvalue weighted by Gasteiger charge is 2.38. The second kappa shape index (κ2) is 10.6. The van der Waals surface area contributed by atoms with E-state index in [1.165, 1.54) is 5.56 Å². The molecule has 0 atom stereocenters. The van der Waals surface area contributed by atoms with Crippen LogP contribution in [0.15, 0.2) is 83.5 Å². The summed E-state index contributed by atoms with van der Waals surface area (Å²) in [6.07, 6.45) is 3.27. The third-order valence-corrected chi connectivity index (χ3v) is 6.10. The number of carbonyl (C=O) groups is 3. The minimum Gasteiger partial charge on any atom is -0.350 e. The maximum Gasteiger partial charge on any atom is 0.283 e. The Balaban J connectivity index is 1.47. The number of anilines is 3. The summed E-state index contributed by atoms with van der Waals surface area (Å²) in [6, 6.07) is 21.5. The number of hydrogen-bond donors (Lipinski definition) is 2. The molecule has 4 rings (SSSR count). The lowest BCUT2D eigenvalue weighted by molar-refractivity contribution is -0.120. The minimum absolute atomic E-state index is 0.0301. The third kappa shape index (κ3) is 5.44. The van der Waals surface area contributed by atoms with Gasteiger partial charge in [-0.2, -0.15) is 0 Å². The van der Waals surface area contributed by atoms with Gasteiger partial charge in [-0.3, -0.25) is 14.4 Å². The van der Waals surface area contributed by atoms with Crippen molar-refractivity contribution in [1.29, 1.82) is 0 Å². The van der Waals surface area contributed by atoms with E-state index >= 15 is 0 Å². The van der Waals surface area contributed by atoms with Crippen molar-refractivity contribution < 1.29 is 14.4 Å². The summed E-state index contributed by atoms with van der Waals surface area (Å²) in [5.74, 6) is -1.44. The van der Waals surface area contributed by atoms with Crippen molar-refractivity contribution in [3.8, 4) is 0 Å². The van der Waals surface area contributed by atoms with Crippen LogP contribution in [0.25, 0.3) is 0 Å². The van der Waals surface area contributed by atoms with Crippen molar-refractivity contribution in [1.82, 2.24) is 0 Å². The summed E-state index contributed by atoms with van der Waals surface area (Å²) < 4.78 is 0. The Morgan fingerprint density at radius 2 is 1.63 bits per heavy atom. The highest BCUT2D eigenvalue weighted by Crippen LogP contribution is 2.30. The monoisotopic (exact) mass is 487 g/mol. The van der Waals surface area contributed by atoms with Crippen molar-refractivity contribution in [2.45, 2.75) is 33.1 Å². The molecule has 0 saturated carbocycles. The number of aryl methyl sites for hydroxylation is 2. The van der Waals surface area contributed by atoms with E-state index in [2.05, 4.69) is 17.6 Å². The topological polar surface area (TPSA) is 78.5 Å². The molecule has 0 bridgehead atoms. The number of halogens is 1. The Bertz CT molecular complexity index is 1300. The minimum atomic E-state index is -0.598. The summed E-state index contributed by atoms with van der Waals surface area (Å²) in [5, 5.41) is 5.61. The molecule has 3 aromatic rings. The molecule has 0 radical (unpaired) electrons. The molecular weight excluding hydrogens is 462 g/mol. The molecule has 3 amide bonds. The molecular formula is C28H26ClN3O3. The molecule has 0 spiro atoms. The number of rotatable bonds is 8. The maximum absolute atomic E-state index is 13.0. The van der Waals surface area contributed by atoms with E-state index < -0.39 is 11.8 Å². The standard InChI is InChI=1S/C28H26ClN3O3/c1-3-4-6-19-11-13-21(14-12-19)31-26(33)20-7-5-8-22(17-20)30-25-24(29)27(34)32(28(25)35)23-15-9-18(2)10-16-23/h5,7-17,30H,3-4,6H2,1-2H3,(H,31,33). The van der Waals surface area contributed by atoms with Crippen LogP contribution < -0.4 is 15.5 Å². The fraction of sp³-hybridized carbons (Fsp3) is 0.179. The molecule has 1 heterocycles. The van der Waals surface area contributed by atoms with Crippen molar-refractivity contribution in [3.63, 3.8) is 0 Å². The molecule has 178 valence electrons. The van der Waals surface area contributed by atoms with Crippen molar-refractivity contribution in [2.75, 3.05) is 15.5 Å². The number of unbranched alkanes of at least 4 members (excludes halogenated alkanes) is 1. The Morgan fingerprint density at radius 3 is 2.31 bits per heavy atom. The lowest BCUT2D eigenvalue weighted by Gasteiger charge is -2.15. The van der Waals surface area contributed by atoms with E-state index in [1.54, 1.807) is 36.4 Å². The lowest BCUT2D eigenvalue weighted by atomic mass is 10.1. The van der Waals surface area contributed by atoms with Gasteiger partial charge in [0.2, 0.25) is 0 Å². The van der Waals surface area contributed by atoms with Gasteiger partial charge in [0.15, 0.2) is 0 Å². The molecule has 6 nitrogen and oxygen atoms in total. The normalized spacial score (nSPS) is 13.4. The van der Waals surface area contributed by atoms with Crippen LogP contribution in [0, 0.1) is 6.92 Å². The van der Waals surface area contributed by atoms with Crippen LogP contribution in [0.2, 0.25) is 0 Å². The smallest absolute Gasteiger partial charge is 0.283 e. The van der Waals surface area contributed by atoms with Crippen LogP contribution in [0.3, 0.4) is 0 Å². The fourth-order valence-electron chi connectivity index (χ4n) is 3.76. The second-order valence-electron chi connectivity index (χ2n) is 8.43. The third-order valence-electron chi connectivity index (χ3n) is 5.74. The molecule has 0 fully saturated rings. The highest BCUT2D eigenvalue weighted by molar-refractivity contribution is 6.53. The number of hydrogen-bond acceptors (Lipinski definition) is 4. The van der Waals surface area contributed by atoms with Crippen LogP contribution >= 0.6 is 11.6 Å². The predicted molar refractivity (Wildman–Crippen MR) is 140 cm³/mol. The molecule has 2 N–H and O–H groups in total. The first-order valence-electron chi connectivity index (χ1n) is 11.5. The molecule has 0 aromatic heterocycles. The first-order valence-corrected chi connectivity index (χ1v) is 11.9. The number of nitrogens with one attached hydrogen (secondary N) is 2. The average Bonchev–Trinajstić information content (AvgIpc) is 3.07. The molecule has 3 aromatic carbocycles. The summed E-state index contributed by atoms with van der Waals surface area (Å²) in [7, 11) is 0. The summed E-state index contributed by atoms with van der Waals surface area (Å²) in [5.41, 5.74) is 4.21. The van der Waals surface area contributed by atoms with E-state index in [1.807, 2.05) is 43.3 Å². The zero-order valence-electron chi connectivity index (χ0n) is 19.6. The number of carbonyl (C=O) groups excluding carboxylic acids is 3. The molecule has 0 saturated heterocycles. The zero-order chi connectivity index (χ0) is 24.9. The van der Waals surface area contributed by atoms with E-state index in [-0.39, 0.29) is 16.6 Å². The molecule has 0 aliphatic carbocycles. The summed E-state index contributed by atoms with van der Waals surface area (Å²) in [4.78, 5) is 39.5. The van der Waals surface area contributed by atoms with Crippen LogP contribution in [0.5, 0.6) is 0 Å². The van der Waals surface area contributed by atoms with Crippen molar-refractivity contribution in [3.05, 3.63) is 100 Å². The van der Waals surface area contributed by atoms with Crippen LogP contribution in [0.4, 0.5) is 17.1 Å². The van der Waals surface area contributed by atoms with Gasteiger partial charge in [-0.1, -0.05) is 60.8 Å². The average molecular weight is 488 g/mol. The Morgan fingerprint density at radius 1 is 0.914 bits per heavy atom. The zero-order valence-corrected chi connectivity index (χ0v) is 20.4. The second-order valence-corrected chi connectivity index (χ2v) is 8.81. The molecule has 1 aliphatic rings. The van der Waals surface area contributed by atoms with Crippen LogP contribution in [-0.2, 0) is 16.0 Å². The van der Waals surface area contributed by atoms with Gasteiger partial charge in [-0.05, 0) is 67.8 Å². The van der Waals surface area contributed by atoms with Gasteiger partial charge < -0.3 is 10.6 Å². The van der Waals surface area contributed by atoms with E-state index in [9.17, 15) is 14.4 Å². The quantitative estimate of drug-likeness (QED) is 0.380. The van der Waals surface area contributed by atoms with E-state index in [4.69, 9.17) is 11.6 Å². The molecule has 7 heteroatoms. The van der Waals surface area contributed by atoms with Gasteiger partial charge in [0.05, 0.1) is 5.69 Å². The first kappa shape index (κ1) is 24.2. The first-order chi connectivity index (χ1) is 16.9. The maximum atomic E-state index is 13.0. The van der Waals surface area contributed by atoms with Crippen molar-refractivity contribution in [2.24, 2.45) is 0 Å². The van der Waals surface area contributed by atoms with E-state index in [0.29, 0.717) is 22.6 Å². The largest absolute Gasteiger partial charge is 0.350 e. The molecule has 35 heavy (non-hydrogen) atoms. The van der Waals surface area contributed by atoms with Gasteiger partial charge >= 0.3 is 0 Å². The van der Waals surface area contributed by atoms with Gasteiger partial charge in [0.25, 0.3) is 17.7 Å². The van der Waals surface area contributed by atoms with Crippen LogP contribution in [0.1, 0.15) is 41.3 Å². The molecule has 1 aliphatic heterocycles. The predicted octanol–water partition coefficient (Wildman–Crippen LogP) is 6.03. The number of benzene rings is 3. The summed E-state index contributed by atoms with van der Waals surface area (Å²) in [6.45, 7) is 4.07.